The molecule has 0 unspecified atom stereocenters. The van der Waals surface area contributed by atoms with Crippen LogP contribution in [-0.2, 0) is 10.8 Å². The van der Waals surface area contributed by atoms with Crippen molar-refractivity contribution in [1.29, 1.82) is 0 Å². The molecule has 0 spiro atoms. The summed E-state index contributed by atoms with van der Waals surface area (Å²) in [5, 5.41) is 0.271. The summed E-state index contributed by atoms with van der Waals surface area (Å²) < 4.78 is 7.38. The van der Waals surface area contributed by atoms with Crippen LogP contribution in [0.25, 0.3) is 0 Å². The predicted octanol–water partition coefficient (Wildman–Crippen LogP) is 6.31. The first-order chi connectivity index (χ1) is 9.72. The summed E-state index contributed by atoms with van der Waals surface area (Å²) in [7, 11) is -1.64. The number of aryl methyl sites for hydroxylation is 1. The minimum absolute atomic E-state index is 0.271. The average molecular weight is 369 g/mol. The molecule has 0 aromatic heterocycles. The van der Waals surface area contributed by atoms with Gasteiger partial charge in [-0.05, 0) is 43.0 Å². The molecule has 21 heavy (non-hydrogen) atoms. The Kier molecular flexibility index (Phi) is 7.38. The fraction of sp³-hybridized carbons (Fsp3) is 0.556. The van der Waals surface area contributed by atoms with Gasteiger partial charge in [0, 0.05) is 4.48 Å². The lowest BCUT2D eigenvalue weighted by Gasteiger charge is -2.36. The van der Waals surface area contributed by atoms with Gasteiger partial charge in [-0.25, -0.2) is 0 Å². The molecule has 0 aliphatic rings. The summed E-state index contributed by atoms with van der Waals surface area (Å²) in [6, 6.07) is 10.7. The maximum atomic E-state index is 6.19. The number of hydrogen-bond acceptors (Lipinski definition) is 1. The Hall–Kier alpha value is -0.383. The number of allylic oxidation sites excluding steroid dienone is 1. The van der Waals surface area contributed by atoms with Gasteiger partial charge in [-0.15, -0.1) is 0 Å². The zero-order valence-corrected chi connectivity index (χ0v) is 16.7. The van der Waals surface area contributed by atoms with E-state index in [1.807, 2.05) is 0 Å². The van der Waals surface area contributed by atoms with Crippen molar-refractivity contribution in [1.82, 2.24) is 0 Å². The summed E-state index contributed by atoms with van der Waals surface area (Å²) in [4.78, 5) is 0. The highest BCUT2D eigenvalue weighted by Gasteiger charge is 2.36. The minimum Gasteiger partial charge on any atom is -0.412 e. The van der Waals surface area contributed by atoms with Gasteiger partial charge in [0.15, 0.2) is 8.32 Å². The molecular weight excluding hydrogens is 340 g/mol. The smallest absolute Gasteiger partial charge is 0.192 e. The third kappa shape index (κ3) is 6.94. The summed E-state index contributed by atoms with van der Waals surface area (Å²) in [6.07, 6.45) is 5.67. The van der Waals surface area contributed by atoms with Crippen molar-refractivity contribution in [3.63, 3.8) is 0 Å². The Bertz CT molecular complexity index is 446. The molecule has 0 saturated carbocycles. The van der Waals surface area contributed by atoms with E-state index in [9.17, 15) is 0 Å². The SMILES string of the molecule is CC(C)(C)[Si](C)(C)OC/C(Br)=C\CCCc1ccccc1. The Labute approximate surface area is 140 Å². The van der Waals surface area contributed by atoms with Crippen LogP contribution in [-0.4, -0.2) is 14.9 Å². The van der Waals surface area contributed by atoms with Gasteiger partial charge in [0.25, 0.3) is 0 Å². The molecule has 0 saturated heterocycles. The van der Waals surface area contributed by atoms with Crippen molar-refractivity contribution in [2.45, 2.75) is 58.2 Å². The van der Waals surface area contributed by atoms with Crippen LogP contribution in [0, 0.1) is 0 Å². The number of benzene rings is 1. The summed E-state index contributed by atoms with van der Waals surface area (Å²) >= 11 is 3.64. The topological polar surface area (TPSA) is 9.23 Å². The molecule has 0 aliphatic carbocycles. The van der Waals surface area contributed by atoms with E-state index in [-0.39, 0.29) is 5.04 Å². The van der Waals surface area contributed by atoms with E-state index in [1.54, 1.807) is 0 Å². The fourth-order valence-electron chi connectivity index (χ4n) is 1.73. The molecule has 0 amide bonds. The van der Waals surface area contributed by atoms with Crippen molar-refractivity contribution in [3.8, 4) is 0 Å². The Morgan fingerprint density at radius 3 is 2.38 bits per heavy atom. The quantitative estimate of drug-likeness (QED) is 0.404. The highest BCUT2D eigenvalue weighted by molar-refractivity contribution is 9.11. The molecule has 1 aromatic rings. The van der Waals surface area contributed by atoms with Crippen LogP contribution in [0.1, 0.15) is 39.2 Å². The van der Waals surface area contributed by atoms with Crippen LogP contribution >= 0.6 is 15.9 Å². The van der Waals surface area contributed by atoms with Gasteiger partial charge in [0.05, 0.1) is 6.61 Å². The Balaban J connectivity index is 2.31. The van der Waals surface area contributed by atoms with Gasteiger partial charge >= 0.3 is 0 Å². The second-order valence-corrected chi connectivity index (χ2v) is 12.9. The standard InChI is InChI=1S/C18H29BrOSi/c1-18(2,3)21(4,5)20-15-17(19)14-10-9-13-16-11-7-6-8-12-16/h6-8,11-12,14H,9-10,13,15H2,1-5H3/b17-14+. The van der Waals surface area contributed by atoms with E-state index in [1.165, 1.54) is 16.5 Å². The van der Waals surface area contributed by atoms with Crippen molar-refractivity contribution >= 4 is 24.2 Å². The Morgan fingerprint density at radius 1 is 1.19 bits per heavy atom. The van der Waals surface area contributed by atoms with Gasteiger partial charge in [0.1, 0.15) is 0 Å². The molecule has 1 rings (SSSR count). The Morgan fingerprint density at radius 2 is 1.81 bits per heavy atom. The van der Waals surface area contributed by atoms with Gasteiger partial charge < -0.3 is 4.43 Å². The van der Waals surface area contributed by atoms with Crippen molar-refractivity contribution < 1.29 is 4.43 Å². The number of unbranched alkanes of at least 4 members (excludes halogenated alkanes) is 1. The summed E-state index contributed by atoms with van der Waals surface area (Å²) in [5.74, 6) is 0. The molecule has 0 heterocycles. The highest BCUT2D eigenvalue weighted by atomic mass is 79.9. The molecule has 3 heteroatoms. The lowest BCUT2D eigenvalue weighted by molar-refractivity contribution is 0.325. The summed E-state index contributed by atoms with van der Waals surface area (Å²) in [6.45, 7) is 12.1. The fourth-order valence-corrected chi connectivity index (χ4v) is 3.24. The van der Waals surface area contributed by atoms with Gasteiger partial charge in [-0.3, -0.25) is 0 Å². The second-order valence-electron chi connectivity index (χ2n) is 7.08. The highest BCUT2D eigenvalue weighted by Crippen LogP contribution is 2.36. The van der Waals surface area contributed by atoms with E-state index in [0.29, 0.717) is 6.61 Å². The van der Waals surface area contributed by atoms with Crippen LogP contribution in [0.2, 0.25) is 18.1 Å². The maximum absolute atomic E-state index is 6.19. The maximum Gasteiger partial charge on any atom is 0.192 e. The van der Waals surface area contributed by atoms with Crippen molar-refractivity contribution in [3.05, 3.63) is 46.5 Å². The largest absolute Gasteiger partial charge is 0.412 e. The molecule has 118 valence electrons. The molecule has 0 radical (unpaired) electrons. The van der Waals surface area contributed by atoms with E-state index >= 15 is 0 Å². The predicted molar refractivity (Wildman–Crippen MR) is 99.5 cm³/mol. The molecule has 1 nitrogen and oxygen atoms in total. The number of halogens is 1. The monoisotopic (exact) mass is 368 g/mol. The summed E-state index contributed by atoms with van der Waals surface area (Å²) in [5.41, 5.74) is 1.42. The average Bonchev–Trinajstić information content (AvgIpc) is 2.41. The molecule has 0 bridgehead atoms. The van der Waals surface area contributed by atoms with Gasteiger partial charge in [0.2, 0.25) is 0 Å². The van der Waals surface area contributed by atoms with Crippen LogP contribution in [0.5, 0.6) is 0 Å². The van der Waals surface area contributed by atoms with E-state index in [2.05, 4.69) is 86.2 Å². The van der Waals surface area contributed by atoms with E-state index in [0.717, 1.165) is 12.8 Å². The first-order valence-electron chi connectivity index (χ1n) is 7.75. The second kappa shape index (κ2) is 8.30. The molecule has 0 fully saturated rings. The molecule has 0 N–H and O–H groups in total. The van der Waals surface area contributed by atoms with E-state index < -0.39 is 8.32 Å². The van der Waals surface area contributed by atoms with Crippen LogP contribution in [0.15, 0.2) is 40.9 Å². The van der Waals surface area contributed by atoms with Gasteiger partial charge in [-0.2, -0.15) is 0 Å². The van der Waals surface area contributed by atoms with Crippen molar-refractivity contribution in [2.75, 3.05) is 6.61 Å². The number of hydrogen-bond donors (Lipinski definition) is 0. The lowest BCUT2D eigenvalue weighted by atomic mass is 10.1. The molecule has 0 aliphatic heterocycles. The normalized spacial score (nSPS) is 13.5. The van der Waals surface area contributed by atoms with Crippen molar-refractivity contribution in [2.24, 2.45) is 0 Å². The molecule has 0 atom stereocenters. The lowest BCUT2D eigenvalue weighted by Crippen LogP contribution is -2.41. The van der Waals surface area contributed by atoms with Crippen LogP contribution in [0.4, 0.5) is 0 Å². The third-order valence-electron chi connectivity index (χ3n) is 4.26. The molecule has 1 aromatic carbocycles. The molecular formula is C18H29BrOSi. The zero-order chi connectivity index (χ0) is 15.9. The van der Waals surface area contributed by atoms with Crippen LogP contribution < -0.4 is 0 Å². The number of rotatable bonds is 7. The van der Waals surface area contributed by atoms with E-state index in [4.69, 9.17) is 4.43 Å². The minimum atomic E-state index is -1.64. The first-order valence-corrected chi connectivity index (χ1v) is 11.4. The van der Waals surface area contributed by atoms with Crippen LogP contribution in [0.3, 0.4) is 0 Å². The third-order valence-corrected chi connectivity index (χ3v) is 9.29. The first kappa shape index (κ1) is 18.7. The zero-order valence-electron chi connectivity index (χ0n) is 14.1. The van der Waals surface area contributed by atoms with Gasteiger partial charge in [-0.1, -0.05) is 73.1 Å².